The van der Waals surface area contributed by atoms with E-state index in [4.69, 9.17) is 27.9 Å². The Labute approximate surface area is 205 Å². The molecule has 1 saturated heterocycles. The minimum atomic E-state index is -0.692. The Balaban J connectivity index is 1.49. The first kappa shape index (κ1) is 22.6. The van der Waals surface area contributed by atoms with Crippen molar-refractivity contribution in [3.8, 4) is 5.75 Å². The Morgan fingerprint density at radius 1 is 0.941 bits per heavy atom. The molecule has 3 amide bonds. The number of amides is 3. The van der Waals surface area contributed by atoms with Crippen LogP contribution < -0.4 is 4.74 Å². The van der Waals surface area contributed by atoms with Gasteiger partial charge in [-0.3, -0.25) is 19.2 Å². The van der Waals surface area contributed by atoms with Crippen LogP contribution in [0.15, 0.2) is 54.6 Å². The molecule has 174 valence electrons. The summed E-state index contributed by atoms with van der Waals surface area (Å²) in [5.74, 6) is -2.56. The number of methoxy groups -OCH3 is 1. The number of ether oxygens (including phenoxy) is 1. The van der Waals surface area contributed by atoms with Gasteiger partial charge < -0.3 is 4.74 Å². The second-order valence-electron chi connectivity index (χ2n) is 8.63. The average Bonchev–Trinajstić information content (AvgIpc) is 3.53. The van der Waals surface area contributed by atoms with Crippen molar-refractivity contribution >= 4 is 46.7 Å². The molecule has 2 fully saturated rings. The monoisotopic (exact) mass is 498 g/mol. The van der Waals surface area contributed by atoms with Crippen molar-refractivity contribution in [2.75, 3.05) is 13.7 Å². The summed E-state index contributed by atoms with van der Waals surface area (Å²) < 4.78 is 5.12. The Morgan fingerprint density at radius 3 is 2.09 bits per heavy atom. The molecule has 4 atom stereocenters. The van der Waals surface area contributed by atoms with Crippen molar-refractivity contribution in [3.05, 3.63) is 75.8 Å². The Kier molecular flexibility index (Phi) is 5.70. The fourth-order valence-electron chi connectivity index (χ4n) is 5.14. The molecule has 9 heteroatoms. The van der Waals surface area contributed by atoms with Crippen molar-refractivity contribution in [3.63, 3.8) is 0 Å². The van der Waals surface area contributed by atoms with Crippen LogP contribution in [0.2, 0.25) is 10.0 Å². The van der Waals surface area contributed by atoms with Crippen LogP contribution in [-0.2, 0) is 9.59 Å². The van der Waals surface area contributed by atoms with Gasteiger partial charge in [-0.2, -0.15) is 5.01 Å². The maximum Gasteiger partial charge on any atom is 0.273 e. The van der Waals surface area contributed by atoms with Crippen molar-refractivity contribution in [1.29, 1.82) is 0 Å². The van der Waals surface area contributed by atoms with Crippen LogP contribution in [0.1, 0.15) is 27.1 Å². The van der Waals surface area contributed by atoms with Gasteiger partial charge in [-0.1, -0.05) is 35.4 Å². The van der Waals surface area contributed by atoms with Gasteiger partial charge in [0.05, 0.1) is 29.0 Å². The van der Waals surface area contributed by atoms with Crippen LogP contribution in [0.4, 0.5) is 0 Å². The number of nitrogens with zero attached hydrogens (tertiary/aromatic N) is 2. The quantitative estimate of drug-likeness (QED) is 0.340. The number of halogens is 2. The van der Waals surface area contributed by atoms with Gasteiger partial charge in [0.15, 0.2) is 5.78 Å². The van der Waals surface area contributed by atoms with Crippen molar-refractivity contribution in [2.24, 2.45) is 23.7 Å². The van der Waals surface area contributed by atoms with Crippen LogP contribution in [0.5, 0.6) is 5.75 Å². The van der Waals surface area contributed by atoms with Gasteiger partial charge in [-0.25, -0.2) is 5.01 Å². The standard InChI is InChI=1S/C25H20Cl2N2O5/c1-34-17-7-4-13(5-8-17)20(30)12-28(23(31)16-6-9-18(26)19(27)11-16)29-24(32)21-14-2-3-15(10-14)22(21)25(29)33/h2-9,11,14-15,21-22H,10,12H2,1H3/t14-,15-,21-,22+/m0/s1. The summed E-state index contributed by atoms with van der Waals surface area (Å²) in [4.78, 5) is 53.4. The normalized spacial score (nSPS) is 24.5. The summed E-state index contributed by atoms with van der Waals surface area (Å²) in [6, 6.07) is 10.6. The molecule has 5 rings (SSSR count). The number of carbonyl (C=O) groups excluding carboxylic acids is 4. The van der Waals surface area contributed by atoms with E-state index in [1.165, 1.54) is 25.3 Å². The molecule has 1 saturated carbocycles. The van der Waals surface area contributed by atoms with E-state index >= 15 is 0 Å². The predicted molar refractivity (Wildman–Crippen MR) is 124 cm³/mol. The largest absolute Gasteiger partial charge is 0.497 e. The molecular weight excluding hydrogens is 479 g/mol. The number of Topliss-reactive ketones (excluding diaryl/α,β-unsaturated/α-hetero) is 1. The van der Waals surface area contributed by atoms with Crippen molar-refractivity contribution in [1.82, 2.24) is 10.0 Å². The third kappa shape index (κ3) is 3.60. The maximum absolute atomic E-state index is 13.5. The number of ketones is 1. The molecule has 3 aliphatic rings. The van der Waals surface area contributed by atoms with E-state index in [-0.39, 0.29) is 27.4 Å². The van der Waals surface area contributed by atoms with E-state index in [0.717, 1.165) is 16.4 Å². The molecule has 2 bridgehead atoms. The SMILES string of the molecule is COc1ccc(C(=O)CN(C(=O)c2ccc(Cl)c(Cl)c2)N2C(=O)[C@@H]3[C@H](C2=O)[C@H]2C=C[C@H]3C2)cc1. The van der Waals surface area contributed by atoms with Gasteiger partial charge in [0, 0.05) is 11.1 Å². The number of imide groups is 1. The number of hydrogen-bond donors (Lipinski definition) is 0. The molecular formula is C25H20Cl2N2O5. The van der Waals surface area contributed by atoms with E-state index in [0.29, 0.717) is 11.3 Å². The molecule has 0 N–H and O–H groups in total. The van der Waals surface area contributed by atoms with E-state index in [1.807, 2.05) is 12.2 Å². The van der Waals surface area contributed by atoms with E-state index in [9.17, 15) is 19.2 Å². The van der Waals surface area contributed by atoms with Gasteiger partial charge in [0.1, 0.15) is 12.3 Å². The summed E-state index contributed by atoms with van der Waals surface area (Å²) in [5, 5.41) is 2.21. The summed E-state index contributed by atoms with van der Waals surface area (Å²) in [6.45, 7) is -0.495. The van der Waals surface area contributed by atoms with Gasteiger partial charge in [-0.05, 0) is 60.7 Å². The summed E-state index contributed by atoms with van der Waals surface area (Å²) in [5.41, 5.74) is 0.421. The first-order valence-electron chi connectivity index (χ1n) is 10.8. The minimum absolute atomic E-state index is 0.0318. The zero-order valence-electron chi connectivity index (χ0n) is 18.1. The number of allylic oxidation sites excluding steroid dienone is 2. The molecule has 0 spiro atoms. The average molecular weight is 499 g/mol. The number of rotatable bonds is 6. The van der Waals surface area contributed by atoms with E-state index in [2.05, 4.69) is 0 Å². The maximum atomic E-state index is 13.5. The molecule has 1 heterocycles. The second kappa shape index (κ2) is 8.56. The van der Waals surface area contributed by atoms with Gasteiger partial charge >= 0.3 is 0 Å². The first-order valence-corrected chi connectivity index (χ1v) is 11.6. The smallest absolute Gasteiger partial charge is 0.273 e. The van der Waals surface area contributed by atoms with Crippen LogP contribution in [0.25, 0.3) is 0 Å². The van der Waals surface area contributed by atoms with Crippen molar-refractivity contribution < 1.29 is 23.9 Å². The second-order valence-corrected chi connectivity index (χ2v) is 9.45. The lowest BCUT2D eigenvalue weighted by molar-refractivity contribution is -0.154. The van der Waals surface area contributed by atoms with E-state index in [1.54, 1.807) is 24.3 Å². The predicted octanol–water partition coefficient (Wildman–Crippen LogP) is 4.05. The Bertz CT molecular complexity index is 1210. The highest BCUT2D eigenvalue weighted by Gasteiger charge is 2.61. The molecule has 2 aliphatic carbocycles. The van der Waals surface area contributed by atoms with Crippen molar-refractivity contribution in [2.45, 2.75) is 6.42 Å². The number of benzene rings is 2. The molecule has 0 unspecified atom stereocenters. The number of hydrazine groups is 1. The fraction of sp³-hybridized carbons (Fsp3) is 0.280. The van der Waals surface area contributed by atoms with Crippen LogP contribution in [0.3, 0.4) is 0 Å². The molecule has 0 radical (unpaired) electrons. The van der Waals surface area contributed by atoms with Gasteiger partial charge in [0.25, 0.3) is 17.7 Å². The molecule has 7 nitrogen and oxygen atoms in total. The summed E-state index contributed by atoms with van der Waals surface area (Å²) in [7, 11) is 1.51. The number of hydrogen-bond acceptors (Lipinski definition) is 5. The molecule has 34 heavy (non-hydrogen) atoms. The third-order valence-electron chi connectivity index (χ3n) is 6.79. The van der Waals surface area contributed by atoms with Crippen LogP contribution >= 0.6 is 23.2 Å². The summed E-state index contributed by atoms with van der Waals surface area (Å²) in [6.07, 6.45) is 4.69. The number of fused-ring (bicyclic) bond motifs is 5. The van der Waals surface area contributed by atoms with Gasteiger partial charge in [-0.15, -0.1) is 0 Å². The zero-order chi connectivity index (χ0) is 24.1. The van der Waals surface area contributed by atoms with Crippen LogP contribution in [-0.4, -0.2) is 47.2 Å². The molecule has 2 aromatic rings. The highest BCUT2D eigenvalue weighted by atomic mass is 35.5. The molecule has 2 aromatic carbocycles. The molecule has 1 aliphatic heterocycles. The number of carbonyl (C=O) groups is 4. The topological polar surface area (TPSA) is 84.0 Å². The fourth-order valence-corrected chi connectivity index (χ4v) is 5.44. The third-order valence-corrected chi connectivity index (χ3v) is 7.53. The highest BCUT2D eigenvalue weighted by molar-refractivity contribution is 6.42. The van der Waals surface area contributed by atoms with Gasteiger partial charge in [0.2, 0.25) is 0 Å². The lowest BCUT2D eigenvalue weighted by atomic mass is 9.85. The Hall–Kier alpha value is -3.16. The van der Waals surface area contributed by atoms with E-state index < -0.39 is 41.9 Å². The highest BCUT2D eigenvalue weighted by Crippen LogP contribution is 2.52. The lowest BCUT2D eigenvalue weighted by Gasteiger charge is -2.31. The first-order chi connectivity index (χ1) is 16.3. The molecule has 0 aromatic heterocycles. The summed E-state index contributed by atoms with van der Waals surface area (Å²) >= 11 is 12.1. The van der Waals surface area contributed by atoms with Crippen LogP contribution in [0, 0.1) is 23.7 Å². The zero-order valence-corrected chi connectivity index (χ0v) is 19.6. The Morgan fingerprint density at radius 2 is 1.53 bits per heavy atom. The minimum Gasteiger partial charge on any atom is -0.497 e. The lowest BCUT2D eigenvalue weighted by Crippen LogP contribution is -2.52.